The van der Waals surface area contributed by atoms with Crippen LogP contribution in [0.2, 0.25) is 0 Å². The molecular weight excluding hydrogens is 286 g/mol. The topological polar surface area (TPSA) is 77.8 Å². The van der Waals surface area contributed by atoms with Crippen molar-refractivity contribution in [3.05, 3.63) is 59.8 Å². The molecule has 2 heterocycles. The molecule has 3 rings (SSSR count). The molecule has 1 aromatic heterocycles. The minimum atomic E-state index is -0.425. The fourth-order valence-electron chi connectivity index (χ4n) is 3.00. The SMILES string of the molecule is CC1=NC(C)=C(C#N)C(c2cccc(-n3ccnc3)c2)C1C#N. The largest absolute Gasteiger partial charge is 0.306 e. The van der Waals surface area contributed by atoms with Crippen molar-refractivity contribution in [1.29, 1.82) is 10.5 Å². The zero-order valence-corrected chi connectivity index (χ0v) is 12.9. The van der Waals surface area contributed by atoms with Crippen molar-refractivity contribution < 1.29 is 0 Å². The van der Waals surface area contributed by atoms with E-state index in [1.807, 2.05) is 48.9 Å². The maximum atomic E-state index is 9.57. The molecule has 0 saturated heterocycles. The minimum Gasteiger partial charge on any atom is -0.306 e. The second-order valence-corrected chi connectivity index (χ2v) is 5.51. The smallest absolute Gasteiger partial charge is 0.0991 e. The zero-order valence-electron chi connectivity index (χ0n) is 12.9. The predicted octanol–water partition coefficient (Wildman–Crippen LogP) is 3.37. The average Bonchev–Trinajstić information content (AvgIpc) is 3.09. The van der Waals surface area contributed by atoms with Crippen molar-refractivity contribution in [2.45, 2.75) is 19.8 Å². The highest BCUT2D eigenvalue weighted by Gasteiger charge is 2.33. The van der Waals surface area contributed by atoms with Crippen LogP contribution < -0.4 is 0 Å². The summed E-state index contributed by atoms with van der Waals surface area (Å²) in [7, 11) is 0. The van der Waals surface area contributed by atoms with Crippen molar-refractivity contribution in [1.82, 2.24) is 9.55 Å². The molecule has 0 spiro atoms. The van der Waals surface area contributed by atoms with E-state index in [0.717, 1.165) is 17.0 Å². The van der Waals surface area contributed by atoms with Crippen LogP contribution in [0.4, 0.5) is 0 Å². The molecular formula is C18H15N5. The Morgan fingerprint density at radius 2 is 2.04 bits per heavy atom. The van der Waals surface area contributed by atoms with Gasteiger partial charge in [0, 0.05) is 29.7 Å². The Balaban J connectivity index is 2.13. The maximum absolute atomic E-state index is 9.57. The summed E-state index contributed by atoms with van der Waals surface area (Å²) in [6, 6.07) is 12.4. The number of rotatable bonds is 2. The van der Waals surface area contributed by atoms with E-state index in [0.29, 0.717) is 11.3 Å². The van der Waals surface area contributed by atoms with Crippen LogP contribution in [0.25, 0.3) is 5.69 Å². The van der Waals surface area contributed by atoms with Gasteiger partial charge in [0.25, 0.3) is 0 Å². The highest BCUT2D eigenvalue weighted by molar-refractivity contribution is 5.90. The van der Waals surface area contributed by atoms with Gasteiger partial charge in [-0.25, -0.2) is 4.98 Å². The quantitative estimate of drug-likeness (QED) is 0.853. The molecule has 2 unspecified atom stereocenters. The summed E-state index contributed by atoms with van der Waals surface area (Å²) in [6.07, 6.45) is 5.30. The molecule has 0 radical (unpaired) electrons. The molecule has 5 heteroatoms. The molecule has 1 aliphatic heterocycles. The lowest BCUT2D eigenvalue weighted by Crippen LogP contribution is -2.24. The molecule has 112 valence electrons. The monoisotopic (exact) mass is 301 g/mol. The fraction of sp³-hybridized carbons (Fsp3) is 0.222. The van der Waals surface area contributed by atoms with Gasteiger partial charge in [0.05, 0.1) is 35.7 Å². The van der Waals surface area contributed by atoms with Gasteiger partial charge in [-0.05, 0) is 31.5 Å². The lowest BCUT2D eigenvalue weighted by Gasteiger charge is -2.27. The van der Waals surface area contributed by atoms with E-state index < -0.39 is 5.92 Å². The highest BCUT2D eigenvalue weighted by Crippen LogP contribution is 2.38. The first-order valence-electron chi connectivity index (χ1n) is 7.29. The third kappa shape index (κ3) is 2.54. The normalized spacial score (nSPS) is 20.6. The van der Waals surface area contributed by atoms with Gasteiger partial charge in [0.15, 0.2) is 0 Å². The first-order chi connectivity index (χ1) is 11.2. The molecule has 0 saturated carbocycles. The van der Waals surface area contributed by atoms with Crippen LogP contribution in [0.1, 0.15) is 25.3 Å². The van der Waals surface area contributed by atoms with Crippen molar-refractivity contribution in [3.63, 3.8) is 0 Å². The van der Waals surface area contributed by atoms with Gasteiger partial charge in [-0.1, -0.05) is 12.1 Å². The van der Waals surface area contributed by atoms with E-state index >= 15 is 0 Å². The van der Waals surface area contributed by atoms with Crippen molar-refractivity contribution in [2.24, 2.45) is 10.9 Å². The number of hydrogen-bond acceptors (Lipinski definition) is 4. The second-order valence-electron chi connectivity index (χ2n) is 5.51. The van der Waals surface area contributed by atoms with Gasteiger partial charge < -0.3 is 4.57 Å². The summed E-state index contributed by atoms with van der Waals surface area (Å²) in [5.74, 6) is -0.711. The maximum Gasteiger partial charge on any atom is 0.0991 e. The molecule has 0 aliphatic carbocycles. The summed E-state index contributed by atoms with van der Waals surface area (Å²) in [4.78, 5) is 8.43. The number of benzene rings is 1. The first-order valence-corrected chi connectivity index (χ1v) is 7.29. The minimum absolute atomic E-state index is 0.286. The van der Waals surface area contributed by atoms with E-state index in [-0.39, 0.29) is 5.92 Å². The van der Waals surface area contributed by atoms with E-state index in [4.69, 9.17) is 0 Å². The van der Waals surface area contributed by atoms with E-state index in [9.17, 15) is 10.5 Å². The summed E-state index contributed by atoms with van der Waals surface area (Å²) < 4.78 is 1.90. The first kappa shape index (κ1) is 14.7. The lowest BCUT2D eigenvalue weighted by molar-refractivity contribution is 0.703. The van der Waals surface area contributed by atoms with Gasteiger partial charge in [0.1, 0.15) is 0 Å². The van der Waals surface area contributed by atoms with Gasteiger partial charge in [-0.3, -0.25) is 4.99 Å². The van der Waals surface area contributed by atoms with Crippen LogP contribution in [-0.2, 0) is 0 Å². The summed E-state index contributed by atoms with van der Waals surface area (Å²) >= 11 is 0. The molecule has 1 aliphatic rings. The number of allylic oxidation sites excluding steroid dienone is 2. The standard InChI is InChI=1S/C18H15N5/c1-12-16(9-19)18(17(10-20)13(2)22-12)14-4-3-5-15(8-14)23-7-6-21-11-23/h3-8,11,16,18H,1-2H3. The fourth-order valence-corrected chi connectivity index (χ4v) is 3.00. The van der Waals surface area contributed by atoms with Crippen LogP contribution in [0.5, 0.6) is 0 Å². The molecule has 0 fully saturated rings. The third-order valence-corrected chi connectivity index (χ3v) is 4.12. The Labute approximate surface area is 134 Å². The number of nitriles is 2. The number of nitrogens with zero attached hydrogens (tertiary/aromatic N) is 5. The van der Waals surface area contributed by atoms with E-state index in [1.165, 1.54) is 0 Å². The summed E-state index contributed by atoms with van der Waals surface area (Å²) in [5.41, 5.74) is 3.89. The Hall–Kier alpha value is -3.18. The second kappa shape index (κ2) is 5.90. The van der Waals surface area contributed by atoms with Gasteiger partial charge >= 0.3 is 0 Å². The molecule has 23 heavy (non-hydrogen) atoms. The number of hydrogen-bond donors (Lipinski definition) is 0. The molecule has 2 atom stereocenters. The van der Waals surface area contributed by atoms with E-state index in [1.54, 1.807) is 12.5 Å². The Morgan fingerprint density at radius 1 is 1.22 bits per heavy atom. The Bertz CT molecular complexity index is 875. The van der Waals surface area contributed by atoms with Crippen LogP contribution in [0.3, 0.4) is 0 Å². The van der Waals surface area contributed by atoms with Crippen LogP contribution >= 0.6 is 0 Å². The van der Waals surface area contributed by atoms with Gasteiger partial charge in [0.2, 0.25) is 0 Å². The van der Waals surface area contributed by atoms with Gasteiger partial charge in [-0.15, -0.1) is 0 Å². The van der Waals surface area contributed by atoms with Gasteiger partial charge in [-0.2, -0.15) is 10.5 Å². The zero-order chi connectivity index (χ0) is 16.4. The van der Waals surface area contributed by atoms with Crippen LogP contribution in [0.15, 0.2) is 59.2 Å². The Morgan fingerprint density at radius 3 is 2.70 bits per heavy atom. The molecule has 5 nitrogen and oxygen atoms in total. The average molecular weight is 301 g/mol. The van der Waals surface area contributed by atoms with Crippen molar-refractivity contribution in [2.75, 3.05) is 0 Å². The molecule has 0 bridgehead atoms. The predicted molar refractivity (Wildman–Crippen MR) is 86.8 cm³/mol. The number of imidazole rings is 1. The van der Waals surface area contributed by atoms with Crippen molar-refractivity contribution in [3.8, 4) is 17.8 Å². The molecule has 0 amide bonds. The number of aromatic nitrogens is 2. The molecule has 0 N–H and O–H groups in total. The van der Waals surface area contributed by atoms with Crippen LogP contribution in [0, 0.1) is 28.6 Å². The Kier molecular flexibility index (Phi) is 3.78. The number of aliphatic imine (C=N–C) groups is 1. The molecule has 1 aromatic carbocycles. The lowest BCUT2D eigenvalue weighted by atomic mass is 9.77. The third-order valence-electron chi connectivity index (χ3n) is 4.12. The molecule has 2 aromatic rings. The van der Waals surface area contributed by atoms with Crippen LogP contribution in [-0.4, -0.2) is 15.3 Å². The van der Waals surface area contributed by atoms with Crippen molar-refractivity contribution >= 4 is 5.71 Å². The summed E-state index contributed by atoms with van der Waals surface area (Å²) in [5, 5.41) is 19.1. The van der Waals surface area contributed by atoms with E-state index in [2.05, 4.69) is 22.1 Å². The summed E-state index contributed by atoms with van der Waals surface area (Å²) in [6.45, 7) is 3.67. The highest BCUT2D eigenvalue weighted by atomic mass is 15.0.